The van der Waals surface area contributed by atoms with E-state index in [0.29, 0.717) is 19.6 Å². The van der Waals surface area contributed by atoms with Crippen molar-refractivity contribution in [2.45, 2.75) is 13.3 Å². The number of aryl methyl sites for hydroxylation is 1. The lowest BCUT2D eigenvalue weighted by molar-refractivity contribution is -0.120. The number of anilines is 1. The zero-order valence-electron chi connectivity index (χ0n) is 13.4. The van der Waals surface area contributed by atoms with E-state index in [0.717, 1.165) is 30.1 Å². The molecule has 0 saturated heterocycles. The molecular formula is C19H22N2O2. The molecule has 2 aromatic carbocycles. The van der Waals surface area contributed by atoms with Crippen LogP contribution >= 0.6 is 0 Å². The highest BCUT2D eigenvalue weighted by Crippen LogP contribution is 2.30. The summed E-state index contributed by atoms with van der Waals surface area (Å²) in [6, 6.07) is 16.1. The van der Waals surface area contributed by atoms with Crippen LogP contribution < -0.4 is 15.0 Å². The van der Waals surface area contributed by atoms with Crippen molar-refractivity contribution in [3.63, 3.8) is 0 Å². The number of hydrogen-bond donors (Lipinski definition) is 1. The van der Waals surface area contributed by atoms with Gasteiger partial charge in [-0.15, -0.1) is 0 Å². The summed E-state index contributed by atoms with van der Waals surface area (Å²) in [5.74, 6) is 0.988. The summed E-state index contributed by atoms with van der Waals surface area (Å²) < 4.78 is 5.64. The highest BCUT2D eigenvalue weighted by atomic mass is 16.5. The van der Waals surface area contributed by atoms with Crippen molar-refractivity contribution < 1.29 is 9.53 Å². The molecular weight excluding hydrogens is 288 g/mol. The van der Waals surface area contributed by atoms with E-state index in [1.165, 1.54) is 5.56 Å². The molecule has 120 valence electrons. The molecule has 3 rings (SSSR count). The third kappa shape index (κ3) is 4.03. The standard InChI is InChI=1S/C19H22N2O2/c1-15-5-4-6-16(13-15)14-19(22)20-9-10-21-11-12-23-18-8-3-2-7-17(18)21/h2-8,13H,9-12,14H2,1H3,(H,20,22). The van der Waals surface area contributed by atoms with Gasteiger partial charge in [-0.1, -0.05) is 42.0 Å². The lowest BCUT2D eigenvalue weighted by Crippen LogP contribution is -2.39. The fourth-order valence-corrected chi connectivity index (χ4v) is 2.86. The first-order valence-electron chi connectivity index (χ1n) is 8.01. The van der Waals surface area contributed by atoms with E-state index in [1.807, 2.05) is 43.3 Å². The van der Waals surface area contributed by atoms with E-state index in [1.54, 1.807) is 0 Å². The molecule has 0 fully saturated rings. The summed E-state index contributed by atoms with van der Waals surface area (Å²) in [7, 11) is 0. The van der Waals surface area contributed by atoms with Crippen LogP contribution in [0.1, 0.15) is 11.1 Å². The van der Waals surface area contributed by atoms with Gasteiger partial charge in [0.15, 0.2) is 0 Å². The Bertz CT molecular complexity index is 685. The van der Waals surface area contributed by atoms with Gasteiger partial charge in [-0.2, -0.15) is 0 Å². The molecule has 0 aliphatic carbocycles. The van der Waals surface area contributed by atoms with Gasteiger partial charge in [0.1, 0.15) is 12.4 Å². The molecule has 0 bridgehead atoms. The molecule has 1 heterocycles. The molecule has 0 radical (unpaired) electrons. The van der Waals surface area contributed by atoms with Gasteiger partial charge >= 0.3 is 0 Å². The van der Waals surface area contributed by atoms with Gasteiger partial charge in [-0.05, 0) is 24.6 Å². The minimum Gasteiger partial charge on any atom is -0.490 e. The predicted molar refractivity (Wildman–Crippen MR) is 92.0 cm³/mol. The fourth-order valence-electron chi connectivity index (χ4n) is 2.86. The topological polar surface area (TPSA) is 41.6 Å². The van der Waals surface area contributed by atoms with Crippen LogP contribution in [-0.2, 0) is 11.2 Å². The SMILES string of the molecule is Cc1cccc(CC(=O)NCCN2CCOc3ccccc32)c1. The summed E-state index contributed by atoms with van der Waals surface area (Å²) in [6.07, 6.45) is 0.432. The molecule has 0 aromatic heterocycles. The van der Waals surface area contributed by atoms with Gasteiger partial charge in [0, 0.05) is 13.1 Å². The molecule has 0 spiro atoms. The number of carbonyl (C=O) groups excluding carboxylic acids is 1. The van der Waals surface area contributed by atoms with Crippen LogP contribution in [0.25, 0.3) is 0 Å². The Morgan fingerprint density at radius 2 is 2.09 bits per heavy atom. The number of amides is 1. The Morgan fingerprint density at radius 1 is 1.22 bits per heavy atom. The van der Waals surface area contributed by atoms with Crippen LogP contribution in [0.2, 0.25) is 0 Å². The minimum atomic E-state index is 0.0668. The monoisotopic (exact) mass is 310 g/mol. The van der Waals surface area contributed by atoms with Crippen LogP contribution in [0.15, 0.2) is 48.5 Å². The summed E-state index contributed by atoms with van der Waals surface area (Å²) in [5, 5.41) is 3.01. The molecule has 1 N–H and O–H groups in total. The van der Waals surface area contributed by atoms with Crippen molar-refractivity contribution in [2.24, 2.45) is 0 Å². The van der Waals surface area contributed by atoms with Gasteiger partial charge in [0.2, 0.25) is 5.91 Å². The minimum absolute atomic E-state index is 0.0668. The molecule has 23 heavy (non-hydrogen) atoms. The van der Waals surface area contributed by atoms with E-state index in [4.69, 9.17) is 4.74 Å². The second-order valence-electron chi connectivity index (χ2n) is 5.82. The molecule has 1 amide bonds. The number of hydrogen-bond acceptors (Lipinski definition) is 3. The number of nitrogens with one attached hydrogen (secondary N) is 1. The molecule has 4 heteroatoms. The maximum absolute atomic E-state index is 12.1. The highest BCUT2D eigenvalue weighted by Gasteiger charge is 2.16. The van der Waals surface area contributed by atoms with E-state index in [2.05, 4.69) is 22.3 Å². The Hall–Kier alpha value is -2.49. The van der Waals surface area contributed by atoms with Crippen LogP contribution in [0.3, 0.4) is 0 Å². The number of rotatable bonds is 5. The fraction of sp³-hybridized carbons (Fsp3) is 0.316. The van der Waals surface area contributed by atoms with E-state index < -0.39 is 0 Å². The summed E-state index contributed by atoms with van der Waals surface area (Å²) in [4.78, 5) is 14.3. The zero-order chi connectivity index (χ0) is 16.1. The molecule has 0 unspecified atom stereocenters. The van der Waals surface area contributed by atoms with Gasteiger partial charge < -0.3 is 15.0 Å². The maximum atomic E-state index is 12.1. The van der Waals surface area contributed by atoms with Crippen molar-refractivity contribution in [1.29, 1.82) is 0 Å². The first kappa shape index (κ1) is 15.4. The van der Waals surface area contributed by atoms with Crippen molar-refractivity contribution >= 4 is 11.6 Å². The number of ether oxygens (including phenoxy) is 1. The van der Waals surface area contributed by atoms with Crippen LogP contribution in [0.4, 0.5) is 5.69 Å². The zero-order valence-corrected chi connectivity index (χ0v) is 13.4. The molecule has 1 aliphatic rings. The molecule has 0 atom stereocenters. The number of fused-ring (bicyclic) bond motifs is 1. The Balaban J connectivity index is 1.49. The number of nitrogens with zero attached hydrogens (tertiary/aromatic N) is 1. The second-order valence-corrected chi connectivity index (χ2v) is 5.82. The number of para-hydroxylation sites is 2. The summed E-state index contributed by atoms with van der Waals surface area (Å²) in [6.45, 7) is 5.01. The quantitative estimate of drug-likeness (QED) is 0.923. The average molecular weight is 310 g/mol. The number of benzene rings is 2. The van der Waals surface area contributed by atoms with Crippen molar-refractivity contribution in [3.8, 4) is 5.75 Å². The Kier molecular flexibility index (Phi) is 4.81. The molecule has 0 saturated carbocycles. The largest absolute Gasteiger partial charge is 0.490 e. The van der Waals surface area contributed by atoms with E-state index >= 15 is 0 Å². The normalized spacial score (nSPS) is 13.2. The van der Waals surface area contributed by atoms with Crippen molar-refractivity contribution in [3.05, 3.63) is 59.7 Å². The van der Waals surface area contributed by atoms with Gasteiger partial charge in [-0.3, -0.25) is 4.79 Å². The smallest absolute Gasteiger partial charge is 0.224 e. The van der Waals surface area contributed by atoms with E-state index in [-0.39, 0.29) is 5.91 Å². The van der Waals surface area contributed by atoms with Gasteiger partial charge in [0.05, 0.1) is 18.7 Å². The van der Waals surface area contributed by atoms with Crippen LogP contribution in [0, 0.1) is 6.92 Å². The first-order chi connectivity index (χ1) is 11.2. The second kappa shape index (κ2) is 7.18. The van der Waals surface area contributed by atoms with Crippen molar-refractivity contribution in [2.75, 3.05) is 31.1 Å². The molecule has 2 aromatic rings. The molecule has 4 nitrogen and oxygen atoms in total. The average Bonchev–Trinajstić information content (AvgIpc) is 2.55. The molecule has 1 aliphatic heterocycles. The summed E-state index contributed by atoms with van der Waals surface area (Å²) in [5.41, 5.74) is 3.34. The van der Waals surface area contributed by atoms with Crippen molar-refractivity contribution in [1.82, 2.24) is 5.32 Å². The third-order valence-corrected chi connectivity index (χ3v) is 3.98. The predicted octanol–water partition coefficient (Wildman–Crippen LogP) is 2.55. The Morgan fingerprint density at radius 3 is 2.96 bits per heavy atom. The van der Waals surface area contributed by atoms with Gasteiger partial charge in [0.25, 0.3) is 0 Å². The van der Waals surface area contributed by atoms with Crippen LogP contribution in [0.5, 0.6) is 5.75 Å². The third-order valence-electron chi connectivity index (χ3n) is 3.98. The maximum Gasteiger partial charge on any atom is 0.224 e. The Labute approximate surface area is 137 Å². The highest BCUT2D eigenvalue weighted by molar-refractivity contribution is 5.78. The lowest BCUT2D eigenvalue weighted by Gasteiger charge is -2.31. The lowest BCUT2D eigenvalue weighted by atomic mass is 10.1. The van der Waals surface area contributed by atoms with Gasteiger partial charge in [-0.25, -0.2) is 0 Å². The van der Waals surface area contributed by atoms with Crippen LogP contribution in [-0.4, -0.2) is 32.1 Å². The van der Waals surface area contributed by atoms with E-state index in [9.17, 15) is 4.79 Å². The first-order valence-corrected chi connectivity index (χ1v) is 8.01. The number of carbonyl (C=O) groups is 1. The summed E-state index contributed by atoms with van der Waals surface area (Å²) >= 11 is 0.